The molecule has 0 bridgehead atoms. The van der Waals surface area contributed by atoms with Gasteiger partial charge in [0.15, 0.2) is 5.75 Å². The molecule has 1 aliphatic heterocycles. The fourth-order valence-corrected chi connectivity index (χ4v) is 2.88. The van der Waals surface area contributed by atoms with Crippen LogP contribution in [0.3, 0.4) is 0 Å². The van der Waals surface area contributed by atoms with Crippen LogP contribution < -0.4 is 15.0 Å². The number of fused-ring (bicyclic) bond motifs is 1. The summed E-state index contributed by atoms with van der Waals surface area (Å²) in [6, 6.07) is 4.40. The van der Waals surface area contributed by atoms with Crippen LogP contribution in [0.4, 0.5) is 5.69 Å². The molecule has 1 aromatic rings. The van der Waals surface area contributed by atoms with Gasteiger partial charge in [-0.25, -0.2) is 9.59 Å². The quantitative estimate of drug-likeness (QED) is 0.559. The Morgan fingerprint density at radius 1 is 1.46 bits per heavy atom. The topological polar surface area (TPSA) is 95.9 Å². The van der Waals surface area contributed by atoms with Crippen LogP contribution in [0.5, 0.6) is 5.75 Å². The van der Waals surface area contributed by atoms with E-state index in [1.54, 1.807) is 11.0 Å². The third-order valence-corrected chi connectivity index (χ3v) is 4.22. The number of rotatable bonds is 7. The Hall–Kier alpha value is -2.22. The number of carbonyl (C=O) groups is 3. The van der Waals surface area contributed by atoms with Crippen LogP contribution in [-0.4, -0.2) is 54.1 Å². The standard InChI is InChI=1S/C16H20N2O5S/c1-10-3-4-13-12(7-10)18(9-15(20)23-13)8-14(19)17-11(16(21)22)5-6-24-2/h3-4,7,11H,5-6,8-9H2,1-2H3,(H,17,19)(H,21,22). The summed E-state index contributed by atoms with van der Waals surface area (Å²) in [6.07, 6.45) is 2.22. The number of hydrogen-bond acceptors (Lipinski definition) is 6. The third-order valence-electron chi connectivity index (χ3n) is 3.58. The summed E-state index contributed by atoms with van der Waals surface area (Å²) in [6.45, 7) is 1.75. The van der Waals surface area contributed by atoms with E-state index in [0.29, 0.717) is 23.6 Å². The molecule has 0 radical (unpaired) electrons. The molecular formula is C16H20N2O5S. The van der Waals surface area contributed by atoms with Crippen molar-refractivity contribution in [2.45, 2.75) is 19.4 Å². The van der Waals surface area contributed by atoms with E-state index in [9.17, 15) is 19.5 Å². The number of hydrogen-bond donors (Lipinski definition) is 2. The number of thioether (sulfide) groups is 1. The van der Waals surface area contributed by atoms with Crippen LogP contribution in [0.25, 0.3) is 0 Å². The largest absolute Gasteiger partial charge is 0.480 e. The predicted molar refractivity (Wildman–Crippen MR) is 91.6 cm³/mol. The molecule has 0 saturated carbocycles. The lowest BCUT2D eigenvalue weighted by Gasteiger charge is -2.29. The zero-order valence-corrected chi connectivity index (χ0v) is 14.4. The van der Waals surface area contributed by atoms with E-state index >= 15 is 0 Å². The van der Waals surface area contributed by atoms with E-state index in [1.165, 1.54) is 11.8 Å². The maximum Gasteiger partial charge on any atom is 0.331 e. The number of aliphatic carboxylic acids is 1. The van der Waals surface area contributed by atoms with Crippen LogP contribution >= 0.6 is 11.8 Å². The predicted octanol–water partition coefficient (Wildman–Crippen LogP) is 1.04. The Morgan fingerprint density at radius 3 is 2.88 bits per heavy atom. The number of carbonyl (C=O) groups excluding carboxylic acids is 2. The molecule has 24 heavy (non-hydrogen) atoms. The molecule has 2 N–H and O–H groups in total. The van der Waals surface area contributed by atoms with Gasteiger partial charge >= 0.3 is 11.9 Å². The molecule has 0 saturated heterocycles. The minimum atomic E-state index is -1.06. The van der Waals surface area contributed by atoms with Gasteiger partial charge in [0.05, 0.1) is 12.2 Å². The Kier molecular flexibility index (Phi) is 6.08. The number of carboxylic acids is 1. The van der Waals surface area contributed by atoms with E-state index in [0.717, 1.165) is 5.56 Å². The zero-order chi connectivity index (χ0) is 17.7. The fraction of sp³-hybridized carbons (Fsp3) is 0.438. The molecule has 1 unspecified atom stereocenters. The first-order valence-electron chi connectivity index (χ1n) is 7.48. The summed E-state index contributed by atoms with van der Waals surface area (Å²) >= 11 is 1.52. The Bertz CT molecular complexity index is 649. The van der Waals surface area contributed by atoms with Gasteiger partial charge in [0.1, 0.15) is 12.6 Å². The smallest absolute Gasteiger partial charge is 0.331 e. The molecule has 8 heteroatoms. The van der Waals surface area contributed by atoms with Gasteiger partial charge in [0.25, 0.3) is 0 Å². The summed E-state index contributed by atoms with van der Waals surface area (Å²) in [5, 5.41) is 11.7. The molecule has 1 atom stereocenters. The van der Waals surface area contributed by atoms with Gasteiger partial charge < -0.3 is 20.1 Å². The van der Waals surface area contributed by atoms with Crippen LogP contribution in [0.2, 0.25) is 0 Å². The monoisotopic (exact) mass is 352 g/mol. The molecule has 1 amide bonds. The molecular weight excluding hydrogens is 332 g/mol. The normalized spacial score (nSPS) is 14.6. The van der Waals surface area contributed by atoms with Gasteiger partial charge in [-0.3, -0.25) is 4.79 Å². The van der Waals surface area contributed by atoms with E-state index < -0.39 is 23.9 Å². The average molecular weight is 352 g/mol. The number of amides is 1. The van der Waals surface area contributed by atoms with Gasteiger partial charge in [0.2, 0.25) is 5.91 Å². The number of anilines is 1. The highest BCUT2D eigenvalue weighted by atomic mass is 32.2. The maximum atomic E-state index is 12.2. The third kappa shape index (κ3) is 4.64. The van der Waals surface area contributed by atoms with Crippen LogP contribution in [-0.2, 0) is 14.4 Å². The molecule has 0 spiro atoms. The van der Waals surface area contributed by atoms with Crippen molar-refractivity contribution in [1.82, 2.24) is 5.32 Å². The molecule has 130 valence electrons. The van der Waals surface area contributed by atoms with Crippen LogP contribution in [0.15, 0.2) is 18.2 Å². The highest BCUT2D eigenvalue weighted by Gasteiger charge is 2.27. The van der Waals surface area contributed by atoms with E-state index in [1.807, 2.05) is 25.3 Å². The fourth-order valence-electron chi connectivity index (χ4n) is 2.40. The second-order valence-corrected chi connectivity index (χ2v) is 6.53. The lowest BCUT2D eigenvalue weighted by atomic mass is 10.1. The second kappa shape index (κ2) is 8.05. The van der Waals surface area contributed by atoms with Gasteiger partial charge in [-0.15, -0.1) is 0 Å². The molecule has 0 fully saturated rings. The maximum absolute atomic E-state index is 12.2. The molecule has 1 aromatic carbocycles. The summed E-state index contributed by atoms with van der Waals surface area (Å²) in [4.78, 5) is 36.7. The van der Waals surface area contributed by atoms with E-state index in [-0.39, 0.29) is 13.1 Å². The molecule has 0 aromatic heterocycles. The highest BCUT2D eigenvalue weighted by Crippen LogP contribution is 2.32. The van der Waals surface area contributed by atoms with E-state index in [2.05, 4.69) is 5.32 Å². The van der Waals surface area contributed by atoms with Gasteiger partial charge in [-0.05, 0) is 43.0 Å². The van der Waals surface area contributed by atoms with Crippen molar-refractivity contribution < 1.29 is 24.2 Å². The molecule has 2 rings (SSSR count). The number of aryl methyl sites for hydroxylation is 1. The van der Waals surface area contributed by atoms with Crippen molar-refractivity contribution in [3.05, 3.63) is 23.8 Å². The first kappa shape index (κ1) is 18.1. The Morgan fingerprint density at radius 2 is 2.21 bits per heavy atom. The Labute approximate surface area is 144 Å². The number of nitrogens with zero attached hydrogens (tertiary/aromatic N) is 1. The summed E-state index contributed by atoms with van der Waals surface area (Å²) in [5.74, 6) is -0.912. The van der Waals surface area contributed by atoms with Crippen molar-refractivity contribution in [2.24, 2.45) is 0 Å². The average Bonchev–Trinajstić information content (AvgIpc) is 2.51. The van der Waals surface area contributed by atoms with Crippen molar-refractivity contribution in [3.8, 4) is 5.75 Å². The molecule has 0 aliphatic carbocycles. The Balaban J connectivity index is 2.07. The number of ether oxygens (including phenoxy) is 1. The van der Waals surface area contributed by atoms with Crippen molar-refractivity contribution in [3.63, 3.8) is 0 Å². The van der Waals surface area contributed by atoms with Crippen LogP contribution in [0, 0.1) is 6.92 Å². The van der Waals surface area contributed by atoms with Crippen molar-refractivity contribution in [2.75, 3.05) is 30.0 Å². The first-order valence-corrected chi connectivity index (χ1v) is 8.87. The number of nitrogens with one attached hydrogen (secondary N) is 1. The highest BCUT2D eigenvalue weighted by molar-refractivity contribution is 7.98. The molecule has 1 heterocycles. The number of benzene rings is 1. The lowest BCUT2D eigenvalue weighted by Crippen LogP contribution is -2.48. The zero-order valence-electron chi connectivity index (χ0n) is 13.6. The molecule has 1 aliphatic rings. The summed E-state index contributed by atoms with van der Waals surface area (Å²) < 4.78 is 5.16. The van der Waals surface area contributed by atoms with Gasteiger partial charge in [-0.1, -0.05) is 6.07 Å². The number of esters is 1. The van der Waals surface area contributed by atoms with Crippen molar-refractivity contribution in [1.29, 1.82) is 0 Å². The van der Waals surface area contributed by atoms with Crippen molar-refractivity contribution >= 4 is 35.3 Å². The lowest BCUT2D eigenvalue weighted by molar-refractivity contribution is -0.141. The van der Waals surface area contributed by atoms with Gasteiger partial charge in [0, 0.05) is 0 Å². The van der Waals surface area contributed by atoms with Crippen LogP contribution in [0.1, 0.15) is 12.0 Å². The second-order valence-electron chi connectivity index (χ2n) is 5.54. The minimum Gasteiger partial charge on any atom is -0.480 e. The minimum absolute atomic E-state index is 0.0492. The van der Waals surface area contributed by atoms with Gasteiger partial charge in [-0.2, -0.15) is 11.8 Å². The SMILES string of the molecule is CSCCC(NC(=O)CN1CC(=O)Oc2ccc(C)cc21)C(=O)O. The molecule has 7 nitrogen and oxygen atoms in total. The van der Waals surface area contributed by atoms with E-state index in [4.69, 9.17) is 4.74 Å². The first-order chi connectivity index (χ1) is 11.4. The summed E-state index contributed by atoms with van der Waals surface area (Å²) in [5.41, 5.74) is 1.63. The number of carboxylic acid groups (broad SMARTS) is 1. The summed E-state index contributed by atoms with van der Waals surface area (Å²) in [7, 11) is 0.